The second-order valence-electron chi connectivity index (χ2n) is 3.77. The molecule has 1 nitrogen and oxygen atoms in total. The monoisotopic (exact) mass is 229 g/mol. The lowest BCUT2D eigenvalue weighted by Gasteiger charge is -2.09. The number of terminal acetylenes is 1. The molecule has 0 aliphatic carbocycles. The van der Waals surface area contributed by atoms with Gasteiger partial charge in [0, 0.05) is 11.2 Å². The van der Waals surface area contributed by atoms with Gasteiger partial charge in [0.05, 0.1) is 6.04 Å². The van der Waals surface area contributed by atoms with E-state index in [0.29, 0.717) is 0 Å². The van der Waals surface area contributed by atoms with Crippen LogP contribution < -0.4 is 5.32 Å². The van der Waals surface area contributed by atoms with Crippen molar-refractivity contribution in [2.24, 2.45) is 0 Å². The van der Waals surface area contributed by atoms with Gasteiger partial charge in [-0.3, -0.25) is 5.32 Å². The van der Waals surface area contributed by atoms with E-state index in [2.05, 4.69) is 47.8 Å². The summed E-state index contributed by atoms with van der Waals surface area (Å²) in [5, 5.41) is 6.93. The average molecular weight is 229 g/mol. The van der Waals surface area contributed by atoms with E-state index in [1.54, 1.807) is 11.3 Å². The molecule has 0 aliphatic rings. The van der Waals surface area contributed by atoms with Crippen molar-refractivity contribution >= 4 is 21.4 Å². The van der Waals surface area contributed by atoms with Crippen molar-refractivity contribution in [2.45, 2.75) is 25.9 Å². The normalized spacial score (nSPS) is 12.5. The Morgan fingerprint density at radius 1 is 1.44 bits per heavy atom. The predicted molar refractivity (Wildman–Crippen MR) is 71.6 cm³/mol. The third kappa shape index (κ3) is 2.27. The molecule has 0 amide bonds. The van der Waals surface area contributed by atoms with E-state index in [1.165, 1.54) is 15.6 Å². The van der Waals surface area contributed by atoms with Crippen molar-refractivity contribution in [3.05, 3.63) is 35.2 Å². The van der Waals surface area contributed by atoms with Crippen LogP contribution in [0.2, 0.25) is 0 Å². The standard InChI is InChI=1S/C14H15NS/c1-3-12(4-2)15-9-11-10-16-14-8-6-5-7-13(11)14/h1,5-8,10,12,15H,4,9H2,2H3. The second-order valence-corrected chi connectivity index (χ2v) is 4.68. The second kappa shape index (κ2) is 5.16. The fraction of sp³-hybridized carbons (Fsp3) is 0.286. The maximum absolute atomic E-state index is 5.43. The smallest absolute Gasteiger partial charge is 0.0686 e. The maximum Gasteiger partial charge on any atom is 0.0686 e. The van der Waals surface area contributed by atoms with E-state index in [-0.39, 0.29) is 6.04 Å². The number of benzene rings is 1. The van der Waals surface area contributed by atoms with E-state index in [4.69, 9.17) is 6.42 Å². The summed E-state index contributed by atoms with van der Waals surface area (Å²) in [6.07, 6.45) is 6.40. The van der Waals surface area contributed by atoms with Crippen LogP contribution in [0.15, 0.2) is 29.6 Å². The first-order valence-corrected chi connectivity index (χ1v) is 6.37. The van der Waals surface area contributed by atoms with Crippen LogP contribution in [0.3, 0.4) is 0 Å². The lowest BCUT2D eigenvalue weighted by molar-refractivity contribution is 0.595. The van der Waals surface area contributed by atoms with E-state index >= 15 is 0 Å². The first kappa shape index (κ1) is 11.2. The van der Waals surface area contributed by atoms with Crippen molar-refractivity contribution in [1.82, 2.24) is 5.32 Å². The van der Waals surface area contributed by atoms with Gasteiger partial charge in [-0.25, -0.2) is 0 Å². The number of rotatable bonds is 4. The number of hydrogen-bond acceptors (Lipinski definition) is 2. The highest BCUT2D eigenvalue weighted by Crippen LogP contribution is 2.25. The lowest BCUT2D eigenvalue weighted by atomic mass is 10.1. The fourth-order valence-corrected chi connectivity index (χ4v) is 2.69. The molecule has 0 aliphatic heterocycles. The molecule has 1 heterocycles. The lowest BCUT2D eigenvalue weighted by Crippen LogP contribution is -2.25. The Kier molecular flexibility index (Phi) is 3.61. The summed E-state index contributed by atoms with van der Waals surface area (Å²) in [4.78, 5) is 0. The zero-order valence-corrected chi connectivity index (χ0v) is 10.2. The van der Waals surface area contributed by atoms with Crippen LogP contribution in [-0.2, 0) is 6.54 Å². The Hall–Kier alpha value is -1.30. The SMILES string of the molecule is C#CC(CC)NCc1csc2ccccc12. The molecule has 0 spiro atoms. The van der Waals surface area contributed by atoms with Gasteiger partial charge in [-0.15, -0.1) is 17.8 Å². The molecule has 0 saturated heterocycles. The molecule has 0 radical (unpaired) electrons. The van der Waals surface area contributed by atoms with Crippen molar-refractivity contribution in [2.75, 3.05) is 0 Å². The van der Waals surface area contributed by atoms with Crippen molar-refractivity contribution in [1.29, 1.82) is 0 Å². The first-order valence-electron chi connectivity index (χ1n) is 5.49. The number of nitrogens with one attached hydrogen (secondary N) is 1. The minimum Gasteiger partial charge on any atom is -0.300 e. The quantitative estimate of drug-likeness (QED) is 0.792. The molecular weight excluding hydrogens is 214 g/mol. The summed E-state index contributed by atoms with van der Waals surface area (Å²) >= 11 is 1.79. The molecule has 1 N–H and O–H groups in total. The van der Waals surface area contributed by atoms with E-state index < -0.39 is 0 Å². The van der Waals surface area contributed by atoms with Gasteiger partial charge in [-0.05, 0) is 28.8 Å². The molecule has 1 unspecified atom stereocenters. The van der Waals surface area contributed by atoms with Gasteiger partial charge in [-0.2, -0.15) is 0 Å². The molecule has 1 aromatic carbocycles. The van der Waals surface area contributed by atoms with Crippen LogP contribution in [-0.4, -0.2) is 6.04 Å². The topological polar surface area (TPSA) is 12.0 Å². The maximum atomic E-state index is 5.43. The van der Waals surface area contributed by atoms with E-state index in [0.717, 1.165) is 13.0 Å². The summed E-state index contributed by atoms with van der Waals surface area (Å²) in [5.41, 5.74) is 1.34. The molecule has 1 atom stereocenters. The van der Waals surface area contributed by atoms with Gasteiger partial charge in [0.2, 0.25) is 0 Å². The van der Waals surface area contributed by atoms with Crippen LogP contribution in [0.1, 0.15) is 18.9 Å². The molecule has 1 aromatic heterocycles. The first-order chi connectivity index (χ1) is 7.85. The highest BCUT2D eigenvalue weighted by molar-refractivity contribution is 7.17. The van der Waals surface area contributed by atoms with Gasteiger partial charge < -0.3 is 0 Å². The molecule has 2 rings (SSSR count). The Balaban J connectivity index is 2.13. The average Bonchev–Trinajstić information content (AvgIpc) is 2.74. The zero-order valence-electron chi connectivity index (χ0n) is 9.36. The van der Waals surface area contributed by atoms with Gasteiger partial charge in [0.25, 0.3) is 0 Å². The van der Waals surface area contributed by atoms with Gasteiger partial charge >= 0.3 is 0 Å². The Morgan fingerprint density at radius 3 is 3.00 bits per heavy atom. The Bertz CT molecular complexity index is 507. The predicted octanol–water partition coefficient (Wildman–Crippen LogP) is 3.40. The molecule has 0 bridgehead atoms. The van der Waals surface area contributed by atoms with Crippen LogP contribution in [0.25, 0.3) is 10.1 Å². The number of fused-ring (bicyclic) bond motifs is 1. The summed E-state index contributed by atoms with van der Waals surface area (Å²) in [7, 11) is 0. The third-order valence-corrected chi connectivity index (χ3v) is 3.72. The minimum absolute atomic E-state index is 0.179. The minimum atomic E-state index is 0.179. The van der Waals surface area contributed by atoms with Crippen LogP contribution in [0.5, 0.6) is 0 Å². The van der Waals surface area contributed by atoms with Crippen molar-refractivity contribution in [3.8, 4) is 12.3 Å². The molecule has 0 saturated carbocycles. The summed E-state index contributed by atoms with van der Waals surface area (Å²) in [6.45, 7) is 2.95. The Morgan fingerprint density at radius 2 is 2.25 bits per heavy atom. The highest BCUT2D eigenvalue weighted by atomic mass is 32.1. The van der Waals surface area contributed by atoms with Crippen molar-refractivity contribution in [3.63, 3.8) is 0 Å². The van der Waals surface area contributed by atoms with Crippen LogP contribution >= 0.6 is 11.3 Å². The fourth-order valence-electron chi connectivity index (χ4n) is 1.72. The van der Waals surface area contributed by atoms with Crippen LogP contribution in [0, 0.1) is 12.3 Å². The largest absolute Gasteiger partial charge is 0.300 e. The summed E-state index contributed by atoms with van der Waals surface area (Å²) in [6, 6.07) is 8.66. The third-order valence-electron chi connectivity index (χ3n) is 2.71. The zero-order chi connectivity index (χ0) is 11.4. The van der Waals surface area contributed by atoms with Gasteiger partial charge in [-0.1, -0.05) is 31.0 Å². The molecule has 2 aromatic rings. The van der Waals surface area contributed by atoms with E-state index in [1.807, 2.05) is 0 Å². The molecule has 82 valence electrons. The van der Waals surface area contributed by atoms with Crippen LogP contribution in [0.4, 0.5) is 0 Å². The Labute approximate surface area is 100 Å². The molecular formula is C14H15NS. The summed E-state index contributed by atoms with van der Waals surface area (Å²) in [5.74, 6) is 2.75. The van der Waals surface area contributed by atoms with Gasteiger partial charge in [0.15, 0.2) is 0 Å². The molecule has 16 heavy (non-hydrogen) atoms. The van der Waals surface area contributed by atoms with E-state index in [9.17, 15) is 0 Å². The molecule has 0 fully saturated rings. The molecule has 2 heteroatoms. The highest BCUT2D eigenvalue weighted by Gasteiger charge is 2.05. The number of thiophene rings is 1. The van der Waals surface area contributed by atoms with Gasteiger partial charge in [0.1, 0.15) is 0 Å². The number of hydrogen-bond donors (Lipinski definition) is 1. The van der Waals surface area contributed by atoms with Crippen molar-refractivity contribution < 1.29 is 0 Å². The summed E-state index contributed by atoms with van der Waals surface area (Å²) < 4.78 is 1.34.